The number of hydrogen-bond donors (Lipinski definition) is 1. The Hall–Kier alpha value is -2.38. The van der Waals surface area contributed by atoms with Crippen LogP contribution in [-0.2, 0) is 11.3 Å². The van der Waals surface area contributed by atoms with E-state index in [0.29, 0.717) is 49.5 Å². The van der Waals surface area contributed by atoms with Gasteiger partial charge in [0.2, 0.25) is 0 Å². The molecule has 1 N–H and O–H groups in total. The van der Waals surface area contributed by atoms with Gasteiger partial charge in [0, 0.05) is 28.6 Å². The number of hydrogen-bond acceptors (Lipinski definition) is 4. The van der Waals surface area contributed by atoms with Crippen LogP contribution in [0.15, 0.2) is 41.8 Å². The lowest BCUT2D eigenvalue weighted by Gasteiger charge is -2.41. The highest BCUT2D eigenvalue weighted by Gasteiger charge is 2.56. The zero-order valence-electron chi connectivity index (χ0n) is 18.3. The lowest BCUT2D eigenvalue weighted by molar-refractivity contribution is -0.135. The summed E-state index contributed by atoms with van der Waals surface area (Å²) < 4.78 is 0. The Bertz CT molecular complexity index is 1000. The van der Waals surface area contributed by atoms with Gasteiger partial charge in [-0.1, -0.05) is 37.6 Å². The van der Waals surface area contributed by atoms with Gasteiger partial charge in [0.1, 0.15) is 5.54 Å². The summed E-state index contributed by atoms with van der Waals surface area (Å²) in [5, 5.41) is 5.57. The van der Waals surface area contributed by atoms with E-state index >= 15 is 0 Å². The molecule has 4 rings (SSSR count). The molecule has 1 unspecified atom stereocenters. The Morgan fingerprint density at radius 2 is 1.97 bits per heavy atom. The van der Waals surface area contributed by atoms with Crippen molar-refractivity contribution in [3.8, 4) is 0 Å². The molecule has 0 spiro atoms. The van der Waals surface area contributed by atoms with E-state index in [9.17, 15) is 14.4 Å². The number of piperidine rings is 1. The summed E-state index contributed by atoms with van der Waals surface area (Å²) >= 11 is 7.58. The van der Waals surface area contributed by atoms with Gasteiger partial charge in [-0.2, -0.15) is 0 Å². The van der Waals surface area contributed by atoms with E-state index < -0.39 is 5.54 Å². The Balaban J connectivity index is 1.50. The maximum atomic E-state index is 13.6. The lowest BCUT2D eigenvalue weighted by Crippen LogP contribution is -2.57. The predicted octanol–water partition coefficient (Wildman–Crippen LogP) is 4.79. The number of halogens is 1. The molecule has 2 aromatic rings. The molecule has 0 aliphatic carbocycles. The van der Waals surface area contributed by atoms with Gasteiger partial charge in [-0.15, -0.1) is 11.3 Å². The van der Waals surface area contributed by atoms with E-state index in [1.54, 1.807) is 24.3 Å². The van der Waals surface area contributed by atoms with Gasteiger partial charge in [0.05, 0.1) is 6.54 Å². The fourth-order valence-corrected chi connectivity index (χ4v) is 5.83. The Morgan fingerprint density at radius 1 is 1.22 bits per heavy atom. The Kier molecular flexibility index (Phi) is 6.58. The molecular formula is C24H28ClN3O3S. The van der Waals surface area contributed by atoms with Crippen LogP contribution in [0.1, 0.15) is 48.3 Å². The van der Waals surface area contributed by atoms with Crippen molar-refractivity contribution in [2.45, 2.75) is 45.2 Å². The molecule has 2 fully saturated rings. The van der Waals surface area contributed by atoms with Gasteiger partial charge in [-0.3, -0.25) is 14.5 Å². The van der Waals surface area contributed by atoms with Crippen molar-refractivity contribution in [2.24, 2.45) is 11.8 Å². The number of carbonyl (C=O) groups excluding carboxylic acids is 3. The molecule has 0 radical (unpaired) electrons. The van der Waals surface area contributed by atoms with Gasteiger partial charge in [-0.05, 0) is 60.7 Å². The first-order valence-corrected chi connectivity index (χ1v) is 12.3. The Morgan fingerprint density at radius 3 is 2.59 bits per heavy atom. The minimum absolute atomic E-state index is 0.0157. The minimum atomic E-state index is -0.909. The number of amides is 4. The molecule has 32 heavy (non-hydrogen) atoms. The molecule has 2 saturated heterocycles. The number of carbonyl (C=O) groups is 3. The summed E-state index contributed by atoms with van der Waals surface area (Å²) in [4.78, 5) is 43.6. The SMILES string of the molecule is CC(C)CC1(C2CCN(C(=O)c3cccc(Cl)c3)CC2)NC(=O)N(Cc2cccs2)C1=O. The fourth-order valence-electron chi connectivity index (χ4n) is 4.95. The number of thiophene rings is 1. The molecule has 1 atom stereocenters. The van der Waals surface area contributed by atoms with Crippen molar-refractivity contribution in [1.82, 2.24) is 15.1 Å². The van der Waals surface area contributed by atoms with Crippen LogP contribution in [0.4, 0.5) is 4.79 Å². The summed E-state index contributed by atoms with van der Waals surface area (Å²) in [5.74, 6) is 0.0411. The normalized spacial score (nSPS) is 22.0. The third-order valence-corrected chi connectivity index (χ3v) is 7.47. The first kappa shape index (κ1) is 22.8. The molecule has 3 heterocycles. The van der Waals surface area contributed by atoms with Gasteiger partial charge >= 0.3 is 6.03 Å². The molecular weight excluding hydrogens is 446 g/mol. The van der Waals surface area contributed by atoms with E-state index in [2.05, 4.69) is 19.2 Å². The second-order valence-corrected chi connectivity index (χ2v) is 10.5. The van der Waals surface area contributed by atoms with E-state index in [4.69, 9.17) is 11.6 Å². The number of imide groups is 1. The number of likely N-dealkylation sites (tertiary alicyclic amines) is 1. The van der Waals surface area contributed by atoms with Crippen LogP contribution in [0.5, 0.6) is 0 Å². The standard InChI is InChI=1S/C24H28ClN3O3S/c1-16(2)14-24(22(30)28(23(31)26-24)15-20-7-4-12-32-20)18-8-10-27(11-9-18)21(29)17-5-3-6-19(25)13-17/h3-7,12-13,16,18H,8-11,14-15H2,1-2H3,(H,26,31). The quantitative estimate of drug-likeness (QED) is 0.613. The van der Waals surface area contributed by atoms with Crippen molar-refractivity contribution in [3.05, 3.63) is 57.2 Å². The lowest BCUT2D eigenvalue weighted by atomic mass is 9.73. The Labute approximate surface area is 197 Å². The summed E-state index contributed by atoms with van der Waals surface area (Å²) in [6.45, 7) is 5.53. The van der Waals surface area contributed by atoms with E-state index in [0.717, 1.165) is 4.88 Å². The summed E-state index contributed by atoms with van der Waals surface area (Å²) in [6, 6.07) is 10.5. The summed E-state index contributed by atoms with van der Waals surface area (Å²) in [5.41, 5.74) is -0.339. The van der Waals surface area contributed by atoms with Crippen LogP contribution in [0.2, 0.25) is 5.02 Å². The zero-order chi connectivity index (χ0) is 22.9. The predicted molar refractivity (Wildman–Crippen MR) is 126 cm³/mol. The monoisotopic (exact) mass is 473 g/mol. The van der Waals surface area contributed by atoms with Gasteiger partial charge in [0.15, 0.2) is 0 Å². The van der Waals surface area contributed by atoms with Crippen LogP contribution in [0.25, 0.3) is 0 Å². The number of urea groups is 1. The molecule has 6 nitrogen and oxygen atoms in total. The number of rotatable bonds is 6. The minimum Gasteiger partial charge on any atom is -0.339 e. The van der Waals surface area contributed by atoms with Crippen LogP contribution >= 0.6 is 22.9 Å². The van der Waals surface area contributed by atoms with Gasteiger partial charge in [-0.25, -0.2) is 4.79 Å². The average Bonchev–Trinajstić information content (AvgIpc) is 3.36. The topological polar surface area (TPSA) is 69.7 Å². The highest BCUT2D eigenvalue weighted by molar-refractivity contribution is 7.09. The smallest absolute Gasteiger partial charge is 0.325 e. The highest BCUT2D eigenvalue weighted by Crippen LogP contribution is 2.39. The van der Waals surface area contributed by atoms with Crippen molar-refractivity contribution < 1.29 is 14.4 Å². The van der Waals surface area contributed by atoms with Crippen LogP contribution < -0.4 is 5.32 Å². The van der Waals surface area contributed by atoms with Crippen molar-refractivity contribution in [1.29, 1.82) is 0 Å². The number of nitrogens with one attached hydrogen (secondary N) is 1. The van der Waals surface area contributed by atoms with E-state index in [1.165, 1.54) is 16.2 Å². The number of nitrogens with zero attached hydrogens (tertiary/aromatic N) is 2. The molecule has 0 saturated carbocycles. The molecule has 170 valence electrons. The van der Waals surface area contributed by atoms with Gasteiger partial charge < -0.3 is 10.2 Å². The molecule has 2 aliphatic heterocycles. The van der Waals surface area contributed by atoms with Crippen molar-refractivity contribution in [2.75, 3.05) is 13.1 Å². The highest BCUT2D eigenvalue weighted by atomic mass is 35.5. The third kappa shape index (κ3) is 4.41. The van der Waals surface area contributed by atoms with E-state index in [1.807, 2.05) is 22.4 Å². The largest absolute Gasteiger partial charge is 0.339 e. The van der Waals surface area contributed by atoms with E-state index in [-0.39, 0.29) is 29.7 Å². The van der Waals surface area contributed by atoms with Crippen LogP contribution in [-0.4, -0.2) is 46.3 Å². The van der Waals surface area contributed by atoms with Gasteiger partial charge in [0.25, 0.3) is 11.8 Å². The average molecular weight is 474 g/mol. The molecule has 2 aliphatic rings. The first-order valence-electron chi connectivity index (χ1n) is 11.0. The maximum absolute atomic E-state index is 13.6. The zero-order valence-corrected chi connectivity index (χ0v) is 19.9. The second kappa shape index (κ2) is 9.24. The summed E-state index contributed by atoms with van der Waals surface area (Å²) in [7, 11) is 0. The van der Waals surface area contributed by atoms with Crippen LogP contribution in [0, 0.1) is 11.8 Å². The van der Waals surface area contributed by atoms with Crippen LogP contribution in [0.3, 0.4) is 0 Å². The molecule has 0 bridgehead atoms. The molecule has 8 heteroatoms. The first-order chi connectivity index (χ1) is 15.3. The van der Waals surface area contributed by atoms with Crippen molar-refractivity contribution >= 4 is 40.8 Å². The van der Waals surface area contributed by atoms with Crippen molar-refractivity contribution in [3.63, 3.8) is 0 Å². The third-order valence-electron chi connectivity index (χ3n) is 6.38. The molecule has 1 aromatic carbocycles. The fraction of sp³-hybridized carbons (Fsp3) is 0.458. The molecule has 1 aromatic heterocycles. The number of benzene rings is 1. The molecule has 4 amide bonds. The maximum Gasteiger partial charge on any atom is 0.325 e. The summed E-state index contributed by atoms with van der Waals surface area (Å²) in [6.07, 6.45) is 1.92. The second-order valence-electron chi connectivity index (χ2n) is 9.05.